The molecule has 0 saturated carbocycles. The van der Waals surface area contributed by atoms with Gasteiger partial charge in [0.1, 0.15) is 0 Å². The molecule has 0 amide bonds. The molecule has 23 heavy (non-hydrogen) atoms. The lowest BCUT2D eigenvalue weighted by molar-refractivity contribution is 0.0733. The van der Waals surface area contributed by atoms with E-state index in [1.807, 2.05) is 25.6 Å². The lowest BCUT2D eigenvalue weighted by Crippen LogP contribution is -2.39. The number of aromatic nitrogens is 2. The highest BCUT2D eigenvalue weighted by atomic mass is 127. The fourth-order valence-corrected chi connectivity index (χ4v) is 2.03. The highest BCUT2D eigenvalue weighted by molar-refractivity contribution is 14.0. The summed E-state index contributed by atoms with van der Waals surface area (Å²) in [7, 11) is 3.62. The number of methoxy groups -OCH3 is 1. The molecule has 1 aromatic rings. The van der Waals surface area contributed by atoms with Crippen molar-refractivity contribution in [3.63, 3.8) is 0 Å². The Hall–Kier alpha value is -0.870. The molecule has 2 N–H and O–H groups in total. The van der Waals surface area contributed by atoms with E-state index in [1.54, 1.807) is 7.11 Å². The van der Waals surface area contributed by atoms with Gasteiger partial charge >= 0.3 is 0 Å². The zero-order chi connectivity index (χ0) is 16.4. The van der Waals surface area contributed by atoms with E-state index in [0.29, 0.717) is 32.9 Å². The van der Waals surface area contributed by atoms with Crippen LogP contribution in [0.25, 0.3) is 0 Å². The number of aryl methyl sites for hydroxylation is 2. The smallest absolute Gasteiger partial charge is 0.191 e. The van der Waals surface area contributed by atoms with Crippen molar-refractivity contribution in [1.82, 2.24) is 20.4 Å². The van der Waals surface area contributed by atoms with Gasteiger partial charge in [-0.2, -0.15) is 5.10 Å². The highest BCUT2D eigenvalue weighted by Crippen LogP contribution is 2.12. The van der Waals surface area contributed by atoms with Crippen molar-refractivity contribution in [3.05, 3.63) is 17.0 Å². The predicted octanol–water partition coefficient (Wildman–Crippen LogP) is 1.37. The van der Waals surface area contributed by atoms with Crippen LogP contribution in [0, 0.1) is 13.8 Å². The van der Waals surface area contributed by atoms with Crippen LogP contribution < -0.4 is 10.6 Å². The first-order chi connectivity index (χ1) is 10.6. The second kappa shape index (κ2) is 12.5. The van der Waals surface area contributed by atoms with Gasteiger partial charge in [0.15, 0.2) is 5.96 Å². The van der Waals surface area contributed by atoms with Crippen molar-refractivity contribution >= 4 is 29.9 Å². The van der Waals surface area contributed by atoms with Gasteiger partial charge in [-0.1, -0.05) is 0 Å². The fraction of sp³-hybridized carbons (Fsp3) is 0.733. The molecule has 0 spiro atoms. The van der Waals surface area contributed by atoms with Gasteiger partial charge in [-0.05, 0) is 20.8 Å². The average Bonchev–Trinajstić information content (AvgIpc) is 2.73. The standard InChI is InChI=1S/C15H29N5O2.HI/c1-6-16-15(17-7-8-22-10-9-21-5)18-11-14-12(2)19-20(4)13(14)3;/h6-11H2,1-5H3,(H2,16,17,18);1H. The van der Waals surface area contributed by atoms with Crippen molar-refractivity contribution < 1.29 is 9.47 Å². The predicted molar refractivity (Wildman–Crippen MR) is 104 cm³/mol. The summed E-state index contributed by atoms with van der Waals surface area (Å²) in [6.07, 6.45) is 0. The van der Waals surface area contributed by atoms with Gasteiger partial charge in [0.2, 0.25) is 0 Å². The second-order valence-corrected chi connectivity index (χ2v) is 5.00. The van der Waals surface area contributed by atoms with Crippen LogP contribution in [0.15, 0.2) is 4.99 Å². The van der Waals surface area contributed by atoms with Gasteiger partial charge in [-0.25, -0.2) is 4.99 Å². The van der Waals surface area contributed by atoms with Crippen LogP contribution in [-0.4, -0.2) is 55.8 Å². The van der Waals surface area contributed by atoms with Gasteiger partial charge in [-0.3, -0.25) is 4.68 Å². The zero-order valence-electron chi connectivity index (χ0n) is 14.8. The van der Waals surface area contributed by atoms with E-state index in [1.165, 1.54) is 5.56 Å². The molecule has 0 aliphatic rings. The van der Waals surface area contributed by atoms with Crippen LogP contribution in [0.2, 0.25) is 0 Å². The summed E-state index contributed by atoms with van der Waals surface area (Å²) in [6, 6.07) is 0. The number of ether oxygens (including phenoxy) is 2. The van der Waals surface area contributed by atoms with Gasteiger partial charge < -0.3 is 20.1 Å². The topological polar surface area (TPSA) is 72.7 Å². The third-order valence-electron chi connectivity index (χ3n) is 3.37. The Balaban J connectivity index is 0.00000484. The quantitative estimate of drug-likeness (QED) is 0.263. The Kier molecular flexibility index (Phi) is 12.1. The van der Waals surface area contributed by atoms with E-state index < -0.39 is 0 Å². The Morgan fingerprint density at radius 3 is 2.52 bits per heavy atom. The number of guanidine groups is 1. The Morgan fingerprint density at radius 1 is 1.22 bits per heavy atom. The monoisotopic (exact) mass is 439 g/mol. The molecule has 0 aliphatic heterocycles. The summed E-state index contributed by atoms with van der Waals surface area (Å²) in [4.78, 5) is 4.61. The molecule has 8 heteroatoms. The Bertz CT molecular complexity index is 477. The molecule has 1 rings (SSSR count). The largest absolute Gasteiger partial charge is 0.382 e. The molecule has 0 unspecified atom stereocenters. The van der Waals surface area contributed by atoms with Crippen molar-refractivity contribution in [2.45, 2.75) is 27.3 Å². The lowest BCUT2D eigenvalue weighted by Gasteiger charge is -2.11. The molecule has 1 aromatic heterocycles. The van der Waals surface area contributed by atoms with E-state index in [0.717, 1.165) is 23.9 Å². The van der Waals surface area contributed by atoms with Crippen LogP contribution in [0.5, 0.6) is 0 Å². The van der Waals surface area contributed by atoms with Gasteiger partial charge in [0.25, 0.3) is 0 Å². The van der Waals surface area contributed by atoms with Crippen LogP contribution in [0.4, 0.5) is 0 Å². The Labute approximate surface area is 156 Å². The maximum absolute atomic E-state index is 5.42. The van der Waals surface area contributed by atoms with Gasteiger partial charge in [-0.15, -0.1) is 24.0 Å². The molecular weight excluding hydrogens is 409 g/mol. The molecule has 134 valence electrons. The van der Waals surface area contributed by atoms with E-state index >= 15 is 0 Å². The SMILES string of the molecule is CCNC(=NCc1c(C)nn(C)c1C)NCCOCCOC.I. The van der Waals surface area contributed by atoms with Gasteiger partial charge in [0, 0.05) is 38.5 Å². The number of nitrogens with one attached hydrogen (secondary N) is 2. The molecule has 1 heterocycles. The zero-order valence-corrected chi connectivity index (χ0v) is 17.1. The molecule has 7 nitrogen and oxygen atoms in total. The van der Waals surface area contributed by atoms with Crippen LogP contribution in [-0.2, 0) is 23.1 Å². The second-order valence-electron chi connectivity index (χ2n) is 5.00. The third-order valence-corrected chi connectivity index (χ3v) is 3.37. The minimum Gasteiger partial charge on any atom is -0.382 e. The first-order valence-electron chi connectivity index (χ1n) is 7.68. The maximum Gasteiger partial charge on any atom is 0.191 e. The number of rotatable bonds is 9. The van der Waals surface area contributed by atoms with Gasteiger partial charge in [0.05, 0.1) is 32.1 Å². The molecule has 0 fully saturated rings. The molecular formula is C15H30IN5O2. The van der Waals surface area contributed by atoms with E-state index in [4.69, 9.17) is 9.47 Å². The average molecular weight is 439 g/mol. The molecule has 0 radical (unpaired) electrons. The molecule has 0 atom stereocenters. The molecule has 0 bridgehead atoms. The minimum absolute atomic E-state index is 0. The first-order valence-corrected chi connectivity index (χ1v) is 7.68. The number of hydrogen-bond acceptors (Lipinski definition) is 4. The van der Waals surface area contributed by atoms with Crippen molar-refractivity contribution in [1.29, 1.82) is 0 Å². The van der Waals surface area contributed by atoms with Crippen LogP contribution in [0.3, 0.4) is 0 Å². The summed E-state index contributed by atoms with van der Waals surface area (Å²) in [5, 5.41) is 10.9. The van der Waals surface area contributed by atoms with E-state index in [9.17, 15) is 0 Å². The van der Waals surface area contributed by atoms with Crippen molar-refractivity contribution in [2.75, 3.05) is 40.0 Å². The number of aliphatic imine (C=N–C) groups is 1. The van der Waals surface area contributed by atoms with E-state index in [2.05, 4.69) is 27.6 Å². The maximum atomic E-state index is 5.42. The number of halogens is 1. The molecule has 0 aromatic carbocycles. The highest BCUT2D eigenvalue weighted by Gasteiger charge is 2.08. The molecule has 0 saturated heterocycles. The number of nitrogens with zero attached hydrogens (tertiary/aromatic N) is 3. The lowest BCUT2D eigenvalue weighted by atomic mass is 10.2. The number of hydrogen-bond donors (Lipinski definition) is 2. The van der Waals surface area contributed by atoms with E-state index in [-0.39, 0.29) is 24.0 Å². The summed E-state index contributed by atoms with van der Waals surface area (Å²) in [5.74, 6) is 0.792. The molecule has 0 aliphatic carbocycles. The summed E-state index contributed by atoms with van der Waals surface area (Å²) in [6.45, 7) is 10.1. The van der Waals surface area contributed by atoms with Crippen molar-refractivity contribution in [3.8, 4) is 0 Å². The van der Waals surface area contributed by atoms with Crippen molar-refractivity contribution in [2.24, 2.45) is 12.0 Å². The summed E-state index contributed by atoms with van der Waals surface area (Å²) < 4.78 is 12.2. The van der Waals surface area contributed by atoms with Crippen LogP contribution >= 0.6 is 24.0 Å². The Morgan fingerprint density at radius 2 is 1.96 bits per heavy atom. The fourth-order valence-electron chi connectivity index (χ4n) is 2.03. The first kappa shape index (κ1) is 22.1. The van der Waals surface area contributed by atoms with Crippen LogP contribution in [0.1, 0.15) is 23.9 Å². The minimum atomic E-state index is 0. The summed E-state index contributed by atoms with van der Waals surface area (Å²) >= 11 is 0. The normalized spacial score (nSPS) is 11.3. The third kappa shape index (κ3) is 7.98. The summed E-state index contributed by atoms with van der Waals surface area (Å²) in [5.41, 5.74) is 3.36.